The second-order valence-corrected chi connectivity index (χ2v) is 11.9. The molecule has 7 aromatic carbocycles. The summed E-state index contributed by atoms with van der Waals surface area (Å²) in [6.07, 6.45) is 0. The van der Waals surface area contributed by atoms with Gasteiger partial charge in [-0.25, -0.2) is 0 Å². The topological polar surface area (TPSA) is 57.4 Å². The largest absolute Gasteiger partial charge is 0.309 e. The predicted molar refractivity (Wildman–Crippen MR) is 195 cm³/mol. The molecule has 2 heterocycles. The molecule has 0 spiro atoms. The summed E-state index contributed by atoms with van der Waals surface area (Å²) in [6.45, 7) is 0. The minimum Gasteiger partial charge on any atom is -0.309 e. The number of aromatic nitrogens is 2. The van der Waals surface area contributed by atoms with E-state index in [4.69, 9.17) is 0 Å². The van der Waals surface area contributed by atoms with Crippen LogP contribution in [0.1, 0.15) is 11.1 Å². The van der Waals surface area contributed by atoms with Gasteiger partial charge in [0.05, 0.1) is 50.6 Å². The number of hydrogen-bond donors (Lipinski definition) is 0. The van der Waals surface area contributed by atoms with Gasteiger partial charge in [0.1, 0.15) is 6.07 Å². The molecular weight excluding hydrogens is 585 g/mol. The van der Waals surface area contributed by atoms with E-state index in [1.807, 2.05) is 60.7 Å². The van der Waals surface area contributed by atoms with Crippen LogP contribution in [0.3, 0.4) is 0 Å². The van der Waals surface area contributed by atoms with Crippen LogP contribution in [0.15, 0.2) is 158 Å². The summed E-state index contributed by atoms with van der Waals surface area (Å²) in [7, 11) is 0. The van der Waals surface area contributed by atoms with Crippen molar-refractivity contribution in [1.29, 1.82) is 10.5 Å². The number of nitrogens with zero attached hydrogens (tertiary/aromatic N) is 4. The molecule has 4 nitrogen and oxygen atoms in total. The van der Waals surface area contributed by atoms with Crippen molar-refractivity contribution in [3.63, 3.8) is 0 Å². The van der Waals surface area contributed by atoms with Crippen LogP contribution in [-0.4, -0.2) is 9.13 Å². The smallest absolute Gasteiger partial charge is 0.102 e. The van der Waals surface area contributed by atoms with E-state index in [1.165, 1.54) is 10.8 Å². The summed E-state index contributed by atoms with van der Waals surface area (Å²) in [5.74, 6) is 0. The highest BCUT2D eigenvalue weighted by Crippen LogP contribution is 2.43. The van der Waals surface area contributed by atoms with Crippen LogP contribution in [0.25, 0.3) is 77.2 Å². The Morgan fingerprint density at radius 3 is 1.31 bits per heavy atom. The molecule has 222 valence electrons. The number of rotatable bonds is 4. The highest BCUT2D eigenvalue weighted by atomic mass is 15.0. The Morgan fingerprint density at radius 2 is 0.771 bits per heavy atom. The molecule has 0 aliphatic rings. The summed E-state index contributed by atoms with van der Waals surface area (Å²) in [5.41, 5.74) is 10.5. The van der Waals surface area contributed by atoms with E-state index in [1.54, 1.807) is 0 Å². The minimum atomic E-state index is 0.548. The molecule has 0 fully saturated rings. The van der Waals surface area contributed by atoms with Crippen molar-refractivity contribution in [1.82, 2.24) is 9.13 Å². The van der Waals surface area contributed by atoms with Crippen LogP contribution in [0.5, 0.6) is 0 Å². The molecule has 2 aromatic heterocycles. The van der Waals surface area contributed by atoms with Gasteiger partial charge in [0, 0.05) is 38.2 Å². The van der Waals surface area contributed by atoms with Crippen molar-refractivity contribution >= 4 is 43.6 Å². The van der Waals surface area contributed by atoms with E-state index < -0.39 is 0 Å². The van der Waals surface area contributed by atoms with Gasteiger partial charge in [-0.05, 0) is 48.0 Å². The van der Waals surface area contributed by atoms with Gasteiger partial charge in [0.15, 0.2) is 0 Å². The molecule has 0 aliphatic heterocycles. The zero-order valence-electron chi connectivity index (χ0n) is 25.8. The zero-order chi connectivity index (χ0) is 32.2. The molecule has 0 N–H and O–H groups in total. The van der Waals surface area contributed by atoms with E-state index in [-0.39, 0.29) is 0 Å². The zero-order valence-corrected chi connectivity index (χ0v) is 25.8. The van der Waals surface area contributed by atoms with E-state index in [0.29, 0.717) is 11.1 Å². The molecule has 0 bridgehead atoms. The maximum Gasteiger partial charge on any atom is 0.102 e. The lowest BCUT2D eigenvalue weighted by molar-refractivity contribution is 1.17. The first-order chi connectivity index (χ1) is 23.8. The second-order valence-electron chi connectivity index (χ2n) is 11.9. The maximum absolute atomic E-state index is 10.9. The number of hydrogen-bond acceptors (Lipinski definition) is 2. The Morgan fingerprint density at radius 1 is 0.354 bits per heavy atom. The normalized spacial score (nSPS) is 11.3. The van der Waals surface area contributed by atoms with Crippen LogP contribution < -0.4 is 0 Å². The monoisotopic (exact) mass is 610 g/mol. The molecule has 0 atom stereocenters. The van der Waals surface area contributed by atoms with Gasteiger partial charge >= 0.3 is 0 Å². The maximum atomic E-state index is 10.9. The molecule has 9 aromatic rings. The van der Waals surface area contributed by atoms with Crippen molar-refractivity contribution in [3.8, 4) is 45.8 Å². The Bertz CT molecular complexity index is 2710. The van der Waals surface area contributed by atoms with Gasteiger partial charge in [-0.15, -0.1) is 0 Å². The first kappa shape index (κ1) is 27.4. The predicted octanol–water partition coefficient (Wildman–Crippen LogP) is 11.0. The fraction of sp³-hybridized carbons (Fsp3) is 0. The molecule has 0 saturated carbocycles. The van der Waals surface area contributed by atoms with Gasteiger partial charge in [-0.1, -0.05) is 115 Å². The SMILES string of the molecule is N#Cc1cccc(-c2cccc(-n3c4ccccc4c4ccccc43)c2C#N)c1-c1ccccc1-n1c2ccccc2c2ccccc21. The van der Waals surface area contributed by atoms with E-state index in [2.05, 4.69) is 118 Å². The summed E-state index contributed by atoms with van der Waals surface area (Å²) in [6, 6.07) is 58.7. The van der Waals surface area contributed by atoms with Gasteiger partial charge in [-0.2, -0.15) is 10.5 Å². The van der Waals surface area contributed by atoms with Crippen LogP contribution in [0.4, 0.5) is 0 Å². The molecule has 0 radical (unpaired) electrons. The Labute approximate surface area is 277 Å². The highest BCUT2D eigenvalue weighted by Gasteiger charge is 2.23. The fourth-order valence-corrected chi connectivity index (χ4v) is 7.47. The minimum absolute atomic E-state index is 0.548. The molecule has 0 unspecified atom stereocenters. The fourth-order valence-electron chi connectivity index (χ4n) is 7.47. The van der Waals surface area contributed by atoms with Gasteiger partial charge in [-0.3, -0.25) is 0 Å². The molecule has 0 aliphatic carbocycles. The van der Waals surface area contributed by atoms with Gasteiger partial charge < -0.3 is 9.13 Å². The number of para-hydroxylation sites is 5. The van der Waals surface area contributed by atoms with E-state index in [0.717, 1.165) is 66.5 Å². The average Bonchev–Trinajstić information content (AvgIpc) is 3.67. The Hall–Kier alpha value is -6.88. The summed E-state index contributed by atoms with van der Waals surface area (Å²) in [5, 5.41) is 26.1. The lowest BCUT2D eigenvalue weighted by Gasteiger charge is -2.19. The molecule has 4 heteroatoms. The number of benzene rings is 7. The van der Waals surface area contributed by atoms with Crippen LogP contribution >= 0.6 is 0 Å². The summed E-state index contributed by atoms with van der Waals surface area (Å²) < 4.78 is 4.48. The van der Waals surface area contributed by atoms with Crippen molar-refractivity contribution in [3.05, 3.63) is 169 Å². The molecular formula is C44H26N4. The van der Waals surface area contributed by atoms with Gasteiger partial charge in [0.2, 0.25) is 0 Å². The molecule has 0 saturated heterocycles. The Balaban J connectivity index is 1.35. The molecule has 48 heavy (non-hydrogen) atoms. The van der Waals surface area contributed by atoms with E-state index >= 15 is 0 Å². The van der Waals surface area contributed by atoms with Crippen molar-refractivity contribution in [2.24, 2.45) is 0 Å². The van der Waals surface area contributed by atoms with Crippen molar-refractivity contribution < 1.29 is 0 Å². The van der Waals surface area contributed by atoms with Crippen LogP contribution in [-0.2, 0) is 0 Å². The van der Waals surface area contributed by atoms with Crippen molar-refractivity contribution in [2.75, 3.05) is 0 Å². The van der Waals surface area contributed by atoms with Crippen LogP contribution in [0, 0.1) is 22.7 Å². The number of nitriles is 2. The summed E-state index contributed by atoms with van der Waals surface area (Å²) in [4.78, 5) is 0. The summed E-state index contributed by atoms with van der Waals surface area (Å²) >= 11 is 0. The second kappa shape index (κ2) is 10.9. The third-order valence-corrected chi connectivity index (χ3v) is 9.44. The average molecular weight is 611 g/mol. The van der Waals surface area contributed by atoms with Crippen LogP contribution in [0.2, 0.25) is 0 Å². The van der Waals surface area contributed by atoms with E-state index in [9.17, 15) is 10.5 Å². The third kappa shape index (κ3) is 3.94. The molecule has 0 amide bonds. The molecule has 9 rings (SSSR count). The Kier molecular flexibility index (Phi) is 6.22. The quantitative estimate of drug-likeness (QED) is 0.199. The number of fused-ring (bicyclic) bond motifs is 6. The first-order valence-corrected chi connectivity index (χ1v) is 15.9. The first-order valence-electron chi connectivity index (χ1n) is 15.9. The lowest BCUT2D eigenvalue weighted by Crippen LogP contribution is -2.02. The standard InChI is InChI=1S/C44H26N4/c45-27-29-13-11-20-35(30-19-12-26-43(37(30)28-46)48-40-23-8-3-16-33(40)34-17-4-9-24-41(34)48)44(29)36-18-5-10-25-42(36)47-38-21-6-1-14-31(38)32-15-2-7-22-39(32)47/h1-26H. The highest BCUT2D eigenvalue weighted by molar-refractivity contribution is 6.11. The lowest BCUT2D eigenvalue weighted by atomic mass is 9.87. The third-order valence-electron chi connectivity index (χ3n) is 9.44. The van der Waals surface area contributed by atoms with Gasteiger partial charge in [0.25, 0.3) is 0 Å². The van der Waals surface area contributed by atoms with Crippen molar-refractivity contribution in [2.45, 2.75) is 0 Å².